The Morgan fingerprint density at radius 3 is 2.37 bits per heavy atom. The van der Waals surface area contributed by atoms with Crippen LogP contribution in [-0.2, 0) is 9.59 Å². The SMILES string of the molecule is CCOc1ccc(C2CC(=O)C3=C(C2)NC(=O)CC3c2ccccc2OCC)cc1. The van der Waals surface area contributed by atoms with Crippen LogP contribution in [0.2, 0.25) is 0 Å². The number of hydrogen-bond acceptors (Lipinski definition) is 4. The first-order valence-electron chi connectivity index (χ1n) is 10.6. The summed E-state index contributed by atoms with van der Waals surface area (Å²) in [6.07, 6.45) is 1.35. The normalized spacial score (nSPS) is 21.1. The molecule has 0 spiro atoms. The second-order valence-electron chi connectivity index (χ2n) is 7.70. The van der Waals surface area contributed by atoms with Gasteiger partial charge in [0.15, 0.2) is 5.78 Å². The summed E-state index contributed by atoms with van der Waals surface area (Å²) in [5.41, 5.74) is 3.50. The summed E-state index contributed by atoms with van der Waals surface area (Å²) in [5.74, 6) is 1.41. The lowest BCUT2D eigenvalue weighted by molar-refractivity contribution is -0.122. The third-order valence-corrected chi connectivity index (χ3v) is 5.79. The highest BCUT2D eigenvalue weighted by Crippen LogP contribution is 2.44. The Morgan fingerprint density at radius 2 is 1.63 bits per heavy atom. The van der Waals surface area contributed by atoms with E-state index in [2.05, 4.69) is 5.32 Å². The third-order valence-electron chi connectivity index (χ3n) is 5.79. The van der Waals surface area contributed by atoms with Gasteiger partial charge in [-0.05, 0) is 49.9 Å². The van der Waals surface area contributed by atoms with E-state index in [-0.39, 0.29) is 29.9 Å². The number of para-hydroxylation sites is 1. The first-order valence-corrected chi connectivity index (χ1v) is 10.6. The molecule has 2 aliphatic rings. The molecule has 0 radical (unpaired) electrons. The Labute approximate surface area is 177 Å². The van der Waals surface area contributed by atoms with E-state index in [1.807, 2.05) is 62.4 Å². The van der Waals surface area contributed by atoms with Gasteiger partial charge in [-0.2, -0.15) is 0 Å². The molecule has 1 aliphatic carbocycles. The molecule has 1 heterocycles. The van der Waals surface area contributed by atoms with Gasteiger partial charge in [0.2, 0.25) is 5.91 Å². The predicted octanol–water partition coefficient (Wildman–Crippen LogP) is 4.49. The van der Waals surface area contributed by atoms with Gasteiger partial charge in [-0.1, -0.05) is 30.3 Å². The molecule has 1 aliphatic heterocycles. The smallest absolute Gasteiger partial charge is 0.225 e. The van der Waals surface area contributed by atoms with E-state index in [0.717, 1.165) is 33.9 Å². The predicted molar refractivity (Wildman–Crippen MR) is 115 cm³/mol. The monoisotopic (exact) mass is 405 g/mol. The lowest BCUT2D eigenvalue weighted by Gasteiger charge is -2.35. The van der Waals surface area contributed by atoms with E-state index in [1.165, 1.54) is 0 Å². The van der Waals surface area contributed by atoms with Crippen molar-refractivity contribution in [3.8, 4) is 11.5 Å². The Hall–Kier alpha value is -3.08. The zero-order valence-corrected chi connectivity index (χ0v) is 17.4. The molecule has 156 valence electrons. The molecule has 0 aromatic heterocycles. The lowest BCUT2D eigenvalue weighted by Crippen LogP contribution is -2.38. The van der Waals surface area contributed by atoms with Gasteiger partial charge in [0.1, 0.15) is 11.5 Å². The second-order valence-corrected chi connectivity index (χ2v) is 7.70. The van der Waals surface area contributed by atoms with E-state index in [0.29, 0.717) is 26.1 Å². The first-order chi connectivity index (χ1) is 14.6. The highest BCUT2D eigenvalue weighted by Gasteiger charge is 2.39. The topological polar surface area (TPSA) is 64.6 Å². The van der Waals surface area contributed by atoms with E-state index >= 15 is 0 Å². The molecule has 2 unspecified atom stereocenters. The summed E-state index contributed by atoms with van der Waals surface area (Å²) >= 11 is 0. The van der Waals surface area contributed by atoms with Crippen LogP contribution in [0.5, 0.6) is 11.5 Å². The van der Waals surface area contributed by atoms with Crippen LogP contribution in [0, 0.1) is 0 Å². The average molecular weight is 405 g/mol. The molecule has 2 aromatic rings. The molecule has 1 amide bonds. The molecular formula is C25H27NO4. The summed E-state index contributed by atoms with van der Waals surface area (Å²) in [6.45, 7) is 5.04. The Balaban J connectivity index is 1.66. The molecule has 1 N–H and O–H groups in total. The van der Waals surface area contributed by atoms with Crippen LogP contribution in [-0.4, -0.2) is 24.9 Å². The fourth-order valence-corrected chi connectivity index (χ4v) is 4.52. The number of Topliss-reactive ketones (excluding diaryl/α,β-unsaturated/α-hetero) is 1. The number of allylic oxidation sites excluding steroid dienone is 2. The van der Waals surface area contributed by atoms with E-state index in [4.69, 9.17) is 9.47 Å². The van der Waals surface area contributed by atoms with Crippen molar-refractivity contribution in [3.05, 3.63) is 70.9 Å². The van der Waals surface area contributed by atoms with Crippen molar-refractivity contribution >= 4 is 11.7 Å². The minimum atomic E-state index is -0.259. The number of benzene rings is 2. The van der Waals surface area contributed by atoms with Gasteiger partial charge in [-0.3, -0.25) is 9.59 Å². The second kappa shape index (κ2) is 8.74. The van der Waals surface area contributed by atoms with Gasteiger partial charge in [0.05, 0.1) is 13.2 Å². The van der Waals surface area contributed by atoms with Crippen molar-refractivity contribution in [3.63, 3.8) is 0 Å². The number of ketones is 1. The zero-order chi connectivity index (χ0) is 21.1. The number of nitrogens with one attached hydrogen (secondary N) is 1. The molecule has 0 saturated carbocycles. The summed E-state index contributed by atoms with van der Waals surface area (Å²) in [6, 6.07) is 15.6. The minimum Gasteiger partial charge on any atom is -0.494 e. The molecule has 30 heavy (non-hydrogen) atoms. The maximum absolute atomic E-state index is 13.3. The van der Waals surface area contributed by atoms with Crippen molar-refractivity contribution in [2.75, 3.05) is 13.2 Å². The number of rotatable bonds is 6. The number of amides is 1. The van der Waals surface area contributed by atoms with Gasteiger partial charge >= 0.3 is 0 Å². The average Bonchev–Trinajstić information content (AvgIpc) is 2.74. The van der Waals surface area contributed by atoms with Gasteiger partial charge in [-0.25, -0.2) is 0 Å². The van der Waals surface area contributed by atoms with Crippen LogP contribution in [0.25, 0.3) is 0 Å². The van der Waals surface area contributed by atoms with E-state index in [9.17, 15) is 9.59 Å². The van der Waals surface area contributed by atoms with E-state index < -0.39 is 0 Å². The van der Waals surface area contributed by atoms with Crippen molar-refractivity contribution < 1.29 is 19.1 Å². The van der Waals surface area contributed by atoms with Gasteiger partial charge < -0.3 is 14.8 Å². The molecule has 4 rings (SSSR count). The summed E-state index contributed by atoms with van der Waals surface area (Å²) in [4.78, 5) is 25.8. The van der Waals surface area contributed by atoms with Crippen LogP contribution >= 0.6 is 0 Å². The maximum atomic E-state index is 13.3. The largest absolute Gasteiger partial charge is 0.494 e. The Kier molecular flexibility index (Phi) is 5.88. The molecule has 0 fully saturated rings. The van der Waals surface area contributed by atoms with Crippen LogP contribution < -0.4 is 14.8 Å². The summed E-state index contributed by atoms with van der Waals surface area (Å²) < 4.78 is 11.3. The first kappa shape index (κ1) is 20.2. The highest BCUT2D eigenvalue weighted by molar-refractivity contribution is 6.02. The van der Waals surface area contributed by atoms with Gasteiger partial charge in [-0.15, -0.1) is 0 Å². The molecule has 5 heteroatoms. The van der Waals surface area contributed by atoms with Crippen LogP contribution in [0.15, 0.2) is 59.8 Å². The minimum absolute atomic E-state index is 0.0492. The van der Waals surface area contributed by atoms with Crippen molar-refractivity contribution in [2.45, 2.75) is 44.9 Å². The standard InChI is InChI=1S/C25H27NO4/c1-3-29-18-11-9-16(10-12-18)17-13-21-25(22(27)14-17)20(15-24(28)26-21)19-7-5-6-8-23(19)30-4-2/h5-12,17,20H,3-4,13-15H2,1-2H3,(H,26,28). The van der Waals surface area contributed by atoms with Crippen molar-refractivity contribution in [1.29, 1.82) is 0 Å². The van der Waals surface area contributed by atoms with Gasteiger partial charge in [0.25, 0.3) is 0 Å². The molecule has 0 bridgehead atoms. The Bertz CT molecular complexity index is 977. The van der Waals surface area contributed by atoms with E-state index in [1.54, 1.807) is 0 Å². The van der Waals surface area contributed by atoms with Crippen molar-refractivity contribution in [1.82, 2.24) is 5.32 Å². The highest BCUT2D eigenvalue weighted by atomic mass is 16.5. The van der Waals surface area contributed by atoms with Crippen LogP contribution in [0.4, 0.5) is 0 Å². The molecule has 5 nitrogen and oxygen atoms in total. The zero-order valence-electron chi connectivity index (χ0n) is 17.4. The molecule has 0 saturated heterocycles. The maximum Gasteiger partial charge on any atom is 0.225 e. The Morgan fingerprint density at radius 1 is 0.900 bits per heavy atom. The number of hydrogen-bond donors (Lipinski definition) is 1. The summed E-state index contributed by atoms with van der Waals surface area (Å²) in [5, 5.41) is 2.99. The quantitative estimate of drug-likeness (QED) is 0.769. The third kappa shape index (κ3) is 3.97. The molecule has 2 aromatic carbocycles. The van der Waals surface area contributed by atoms with Crippen LogP contribution in [0.1, 0.15) is 56.1 Å². The molecular weight excluding hydrogens is 378 g/mol. The fraction of sp³-hybridized carbons (Fsp3) is 0.360. The summed E-state index contributed by atoms with van der Waals surface area (Å²) in [7, 11) is 0. The number of carbonyl (C=O) groups is 2. The number of carbonyl (C=O) groups excluding carboxylic acids is 2. The van der Waals surface area contributed by atoms with Crippen LogP contribution in [0.3, 0.4) is 0 Å². The fourth-order valence-electron chi connectivity index (χ4n) is 4.52. The lowest BCUT2D eigenvalue weighted by atomic mass is 9.73. The molecule has 2 atom stereocenters. The number of ether oxygens (including phenoxy) is 2. The van der Waals surface area contributed by atoms with Gasteiger partial charge in [0, 0.05) is 35.6 Å². The van der Waals surface area contributed by atoms with Crippen molar-refractivity contribution in [2.24, 2.45) is 0 Å².